The van der Waals surface area contributed by atoms with Crippen LogP contribution in [0, 0.1) is 6.92 Å². The summed E-state index contributed by atoms with van der Waals surface area (Å²) in [4.78, 5) is 0. The van der Waals surface area contributed by atoms with Crippen molar-refractivity contribution in [2.75, 3.05) is 6.61 Å². The first-order valence-electron chi connectivity index (χ1n) is 5.47. The highest BCUT2D eigenvalue weighted by molar-refractivity contribution is 5.34. The summed E-state index contributed by atoms with van der Waals surface area (Å²) in [5.41, 5.74) is 2.45. The SMILES string of the molecule is CCOCc1ccc(OC(C)C)cc1C. The van der Waals surface area contributed by atoms with Crippen molar-refractivity contribution in [1.29, 1.82) is 0 Å². The molecule has 1 aromatic rings. The van der Waals surface area contributed by atoms with Crippen LogP contribution >= 0.6 is 0 Å². The number of aryl methyl sites for hydroxylation is 1. The van der Waals surface area contributed by atoms with Gasteiger partial charge in [-0.15, -0.1) is 0 Å². The van der Waals surface area contributed by atoms with Gasteiger partial charge in [0.05, 0.1) is 12.7 Å². The van der Waals surface area contributed by atoms with Gasteiger partial charge in [0, 0.05) is 6.61 Å². The summed E-state index contributed by atoms with van der Waals surface area (Å²) in [6.45, 7) is 9.59. The van der Waals surface area contributed by atoms with Crippen molar-refractivity contribution < 1.29 is 9.47 Å². The first-order valence-corrected chi connectivity index (χ1v) is 5.47. The van der Waals surface area contributed by atoms with E-state index in [0.29, 0.717) is 6.61 Å². The second kappa shape index (κ2) is 5.76. The summed E-state index contributed by atoms with van der Waals surface area (Å²) in [7, 11) is 0. The van der Waals surface area contributed by atoms with Gasteiger partial charge in [0.25, 0.3) is 0 Å². The van der Waals surface area contributed by atoms with Crippen LogP contribution in [0.25, 0.3) is 0 Å². The molecule has 84 valence electrons. The van der Waals surface area contributed by atoms with Crippen LogP contribution < -0.4 is 4.74 Å². The van der Waals surface area contributed by atoms with E-state index >= 15 is 0 Å². The predicted molar refractivity (Wildman–Crippen MR) is 62.3 cm³/mol. The molecule has 0 N–H and O–H groups in total. The summed E-state index contributed by atoms with van der Waals surface area (Å²) >= 11 is 0. The van der Waals surface area contributed by atoms with Crippen LogP contribution in [0.1, 0.15) is 31.9 Å². The van der Waals surface area contributed by atoms with Crippen LogP contribution in [0.3, 0.4) is 0 Å². The third-order valence-corrected chi connectivity index (χ3v) is 2.15. The molecule has 0 spiro atoms. The van der Waals surface area contributed by atoms with Crippen molar-refractivity contribution >= 4 is 0 Å². The van der Waals surface area contributed by atoms with Crippen molar-refractivity contribution in [3.8, 4) is 5.75 Å². The molecule has 0 aliphatic rings. The van der Waals surface area contributed by atoms with Gasteiger partial charge in [-0.3, -0.25) is 0 Å². The van der Waals surface area contributed by atoms with Gasteiger partial charge in [0.15, 0.2) is 0 Å². The van der Waals surface area contributed by atoms with Gasteiger partial charge in [-0.05, 0) is 51.0 Å². The summed E-state index contributed by atoms with van der Waals surface area (Å²) in [6.07, 6.45) is 0.224. The van der Waals surface area contributed by atoms with E-state index in [0.717, 1.165) is 12.4 Å². The Balaban J connectivity index is 2.69. The minimum Gasteiger partial charge on any atom is -0.491 e. The molecule has 0 aliphatic heterocycles. The summed E-state index contributed by atoms with van der Waals surface area (Å²) in [5.74, 6) is 0.933. The van der Waals surface area contributed by atoms with Gasteiger partial charge >= 0.3 is 0 Å². The molecule has 0 radical (unpaired) electrons. The van der Waals surface area contributed by atoms with Gasteiger partial charge in [0.2, 0.25) is 0 Å². The summed E-state index contributed by atoms with van der Waals surface area (Å²) in [5, 5.41) is 0. The predicted octanol–water partition coefficient (Wildman–Crippen LogP) is 3.32. The maximum atomic E-state index is 5.61. The topological polar surface area (TPSA) is 18.5 Å². The number of benzene rings is 1. The monoisotopic (exact) mass is 208 g/mol. The molecule has 0 atom stereocenters. The molecule has 2 nitrogen and oxygen atoms in total. The second-order valence-electron chi connectivity index (χ2n) is 3.89. The van der Waals surface area contributed by atoms with Crippen LogP contribution in [0.5, 0.6) is 5.75 Å². The maximum Gasteiger partial charge on any atom is 0.119 e. The normalized spacial score (nSPS) is 10.7. The van der Waals surface area contributed by atoms with E-state index in [4.69, 9.17) is 9.47 Å². The van der Waals surface area contributed by atoms with Crippen LogP contribution in [0.2, 0.25) is 0 Å². The molecule has 0 bridgehead atoms. The van der Waals surface area contributed by atoms with E-state index in [-0.39, 0.29) is 6.10 Å². The molecular weight excluding hydrogens is 188 g/mol. The van der Waals surface area contributed by atoms with Crippen LogP contribution in [-0.4, -0.2) is 12.7 Å². The Hall–Kier alpha value is -1.02. The van der Waals surface area contributed by atoms with Gasteiger partial charge < -0.3 is 9.47 Å². The highest BCUT2D eigenvalue weighted by atomic mass is 16.5. The van der Waals surface area contributed by atoms with Gasteiger partial charge in [-0.2, -0.15) is 0 Å². The number of ether oxygens (including phenoxy) is 2. The molecule has 2 heteroatoms. The zero-order valence-electron chi connectivity index (χ0n) is 10.0. The van der Waals surface area contributed by atoms with Crippen molar-refractivity contribution in [1.82, 2.24) is 0 Å². The Morgan fingerprint density at radius 1 is 1.27 bits per heavy atom. The molecule has 0 unspecified atom stereocenters. The maximum absolute atomic E-state index is 5.61. The van der Waals surface area contributed by atoms with Crippen LogP contribution in [0.15, 0.2) is 18.2 Å². The molecule has 0 heterocycles. The smallest absolute Gasteiger partial charge is 0.119 e. The summed E-state index contributed by atoms with van der Waals surface area (Å²) in [6, 6.07) is 6.14. The van der Waals surface area contributed by atoms with Crippen LogP contribution in [-0.2, 0) is 11.3 Å². The van der Waals surface area contributed by atoms with E-state index in [9.17, 15) is 0 Å². The first-order chi connectivity index (χ1) is 7.13. The quantitative estimate of drug-likeness (QED) is 0.739. The Morgan fingerprint density at radius 3 is 2.53 bits per heavy atom. The Bertz CT molecular complexity index is 305. The third kappa shape index (κ3) is 3.92. The Labute approximate surface area is 92.2 Å². The molecule has 0 aromatic heterocycles. The summed E-state index contributed by atoms with van der Waals surface area (Å²) < 4.78 is 11.0. The zero-order valence-corrected chi connectivity index (χ0v) is 10.0. The van der Waals surface area contributed by atoms with Crippen molar-refractivity contribution in [3.63, 3.8) is 0 Å². The average Bonchev–Trinajstić information content (AvgIpc) is 2.15. The largest absolute Gasteiger partial charge is 0.491 e. The minimum atomic E-state index is 0.224. The highest BCUT2D eigenvalue weighted by Gasteiger charge is 2.02. The minimum absolute atomic E-state index is 0.224. The molecule has 0 saturated heterocycles. The number of hydrogen-bond donors (Lipinski definition) is 0. The van der Waals surface area contributed by atoms with E-state index in [2.05, 4.69) is 19.1 Å². The van der Waals surface area contributed by atoms with Crippen molar-refractivity contribution in [2.24, 2.45) is 0 Å². The molecule has 1 rings (SSSR count). The second-order valence-corrected chi connectivity index (χ2v) is 3.89. The van der Waals surface area contributed by atoms with Gasteiger partial charge in [-0.25, -0.2) is 0 Å². The molecule has 1 aromatic carbocycles. The lowest BCUT2D eigenvalue weighted by Gasteiger charge is -2.12. The zero-order chi connectivity index (χ0) is 11.3. The highest BCUT2D eigenvalue weighted by Crippen LogP contribution is 2.18. The molecule has 15 heavy (non-hydrogen) atoms. The third-order valence-electron chi connectivity index (χ3n) is 2.15. The van der Waals surface area contributed by atoms with E-state index < -0.39 is 0 Å². The molecule has 0 aliphatic carbocycles. The number of hydrogen-bond acceptors (Lipinski definition) is 2. The molecule has 0 saturated carbocycles. The standard InChI is InChI=1S/C13H20O2/c1-5-14-9-12-6-7-13(8-11(12)4)15-10(2)3/h6-8,10H,5,9H2,1-4H3. The van der Waals surface area contributed by atoms with Crippen molar-refractivity contribution in [2.45, 2.75) is 40.4 Å². The molecule has 0 amide bonds. The van der Waals surface area contributed by atoms with Crippen LogP contribution in [0.4, 0.5) is 0 Å². The van der Waals surface area contributed by atoms with Gasteiger partial charge in [0.1, 0.15) is 5.75 Å². The fourth-order valence-electron chi connectivity index (χ4n) is 1.39. The van der Waals surface area contributed by atoms with Crippen molar-refractivity contribution in [3.05, 3.63) is 29.3 Å². The van der Waals surface area contributed by atoms with Gasteiger partial charge in [-0.1, -0.05) is 6.07 Å². The Kier molecular flexibility index (Phi) is 4.63. The number of rotatable bonds is 5. The molecule has 0 fully saturated rings. The Morgan fingerprint density at radius 2 is 2.00 bits per heavy atom. The fourth-order valence-corrected chi connectivity index (χ4v) is 1.39. The molecular formula is C13H20O2. The lowest BCUT2D eigenvalue weighted by Crippen LogP contribution is -2.06. The first kappa shape index (κ1) is 12.1. The fraction of sp³-hybridized carbons (Fsp3) is 0.538. The lowest BCUT2D eigenvalue weighted by atomic mass is 10.1. The average molecular weight is 208 g/mol. The van der Waals surface area contributed by atoms with E-state index in [1.54, 1.807) is 0 Å². The van der Waals surface area contributed by atoms with E-state index in [1.807, 2.05) is 26.8 Å². The lowest BCUT2D eigenvalue weighted by molar-refractivity contribution is 0.133. The van der Waals surface area contributed by atoms with E-state index in [1.165, 1.54) is 11.1 Å².